The number of anilines is 1. The number of rotatable bonds is 2. The summed E-state index contributed by atoms with van der Waals surface area (Å²) in [5, 5.41) is 0. The van der Waals surface area contributed by atoms with Crippen LogP contribution in [0, 0.1) is 0 Å². The molecule has 0 N–H and O–H groups in total. The molecule has 1 aromatic rings. The van der Waals surface area contributed by atoms with Crippen molar-refractivity contribution in [3.8, 4) is 0 Å². The van der Waals surface area contributed by atoms with Crippen molar-refractivity contribution in [1.29, 1.82) is 0 Å². The topological polar surface area (TPSA) is 78.0 Å². The van der Waals surface area contributed by atoms with Crippen LogP contribution in [0.25, 0.3) is 0 Å². The van der Waals surface area contributed by atoms with Gasteiger partial charge in [-0.3, -0.25) is 9.59 Å². The van der Waals surface area contributed by atoms with Gasteiger partial charge in [0.1, 0.15) is 0 Å². The van der Waals surface area contributed by atoms with Crippen molar-refractivity contribution in [1.82, 2.24) is 9.21 Å². The predicted molar refractivity (Wildman–Crippen MR) is 96.4 cm³/mol. The summed E-state index contributed by atoms with van der Waals surface area (Å²) in [6.07, 6.45) is 1.71. The highest BCUT2D eigenvalue weighted by atomic mass is 32.2. The first kappa shape index (κ1) is 17.5. The first-order valence-electron chi connectivity index (χ1n) is 9.02. The molecule has 1 fully saturated rings. The van der Waals surface area contributed by atoms with Gasteiger partial charge < -0.3 is 9.80 Å². The zero-order chi connectivity index (χ0) is 18.6. The predicted octanol–water partition coefficient (Wildman–Crippen LogP) is 0.763. The average molecular weight is 377 g/mol. The minimum atomic E-state index is -3.60. The van der Waals surface area contributed by atoms with Gasteiger partial charge in [-0.2, -0.15) is 4.31 Å². The molecule has 0 aromatic heterocycles. The van der Waals surface area contributed by atoms with E-state index in [1.165, 1.54) is 11.2 Å². The second-order valence-corrected chi connectivity index (χ2v) is 9.26. The molecule has 7 nitrogen and oxygen atoms in total. The molecule has 1 saturated heterocycles. The number of carbonyl (C=O) groups is 2. The van der Waals surface area contributed by atoms with Gasteiger partial charge in [-0.05, 0) is 43.0 Å². The Labute approximate surface area is 153 Å². The summed E-state index contributed by atoms with van der Waals surface area (Å²) in [6.45, 7) is 4.98. The molecule has 0 saturated carbocycles. The Morgan fingerprint density at radius 1 is 1.08 bits per heavy atom. The first-order chi connectivity index (χ1) is 12.3. The molecule has 4 rings (SSSR count). The van der Waals surface area contributed by atoms with Crippen molar-refractivity contribution >= 4 is 27.5 Å². The van der Waals surface area contributed by atoms with Gasteiger partial charge in [0.15, 0.2) is 0 Å². The van der Waals surface area contributed by atoms with Gasteiger partial charge in [0.25, 0.3) is 0 Å². The Balaban J connectivity index is 1.66. The van der Waals surface area contributed by atoms with E-state index in [9.17, 15) is 18.0 Å². The number of carbonyl (C=O) groups excluding carboxylic acids is 2. The van der Waals surface area contributed by atoms with Crippen LogP contribution in [-0.2, 0) is 32.5 Å². The van der Waals surface area contributed by atoms with Gasteiger partial charge in [0.05, 0.1) is 10.6 Å². The molecule has 0 radical (unpaired) electrons. The maximum atomic E-state index is 13.1. The molecular weight excluding hydrogens is 354 g/mol. The fourth-order valence-corrected chi connectivity index (χ4v) is 5.81. The molecule has 0 aliphatic carbocycles. The van der Waals surface area contributed by atoms with Gasteiger partial charge in [-0.25, -0.2) is 8.42 Å². The van der Waals surface area contributed by atoms with Crippen LogP contribution in [-0.4, -0.2) is 61.7 Å². The number of aryl methyl sites for hydroxylation is 1. The van der Waals surface area contributed by atoms with E-state index in [1.54, 1.807) is 17.0 Å². The highest BCUT2D eigenvalue weighted by molar-refractivity contribution is 7.89. The van der Waals surface area contributed by atoms with Crippen molar-refractivity contribution in [3.05, 3.63) is 23.3 Å². The molecule has 3 aliphatic heterocycles. The molecular formula is C18H23N3O4S. The van der Waals surface area contributed by atoms with Gasteiger partial charge in [-0.1, -0.05) is 0 Å². The molecule has 0 unspecified atom stereocenters. The monoisotopic (exact) mass is 377 g/mol. The quantitative estimate of drug-likeness (QED) is 0.762. The Kier molecular flexibility index (Phi) is 4.07. The largest absolute Gasteiger partial charge is 0.340 e. The van der Waals surface area contributed by atoms with Crippen LogP contribution >= 0.6 is 0 Å². The standard InChI is InChI=1S/C18H23N3O4S/c1-12-9-15-11-16(10-14-3-4-17(23)21(12)18(14)15)26(24,25)20-7-5-19(6-8-20)13(2)22/h10-12H,3-9H2,1-2H3/t12-/m0/s1. The van der Waals surface area contributed by atoms with Gasteiger partial charge in [0.2, 0.25) is 21.8 Å². The molecule has 3 heterocycles. The summed E-state index contributed by atoms with van der Waals surface area (Å²) < 4.78 is 27.7. The number of piperazine rings is 1. The molecule has 0 spiro atoms. The Bertz CT molecular complexity index is 888. The van der Waals surface area contributed by atoms with Gasteiger partial charge in [-0.15, -0.1) is 0 Å². The number of nitrogens with zero attached hydrogens (tertiary/aromatic N) is 3. The van der Waals surface area contributed by atoms with Crippen LogP contribution < -0.4 is 4.90 Å². The van der Waals surface area contributed by atoms with Crippen molar-refractivity contribution < 1.29 is 18.0 Å². The molecule has 1 atom stereocenters. The second-order valence-electron chi connectivity index (χ2n) is 7.32. The third-order valence-corrected chi connectivity index (χ3v) is 7.51. The Morgan fingerprint density at radius 2 is 1.73 bits per heavy atom. The summed E-state index contributed by atoms with van der Waals surface area (Å²) in [6, 6.07) is 3.55. The second kappa shape index (κ2) is 6.06. The van der Waals surface area contributed by atoms with Crippen LogP contribution in [0.4, 0.5) is 5.69 Å². The normalized spacial score (nSPS) is 23.3. The zero-order valence-corrected chi connectivity index (χ0v) is 15.9. The molecule has 3 aliphatic rings. The Hall–Kier alpha value is -1.93. The van der Waals surface area contributed by atoms with Crippen LogP contribution in [0.15, 0.2) is 17.0 Å². The minimum Gasteiger partial charge on any atom is -0.340 e. The smallest absolute Gasteiger partial charge is 0.243 e. The molecule has 2 amide bonds. The molecule has 1 aromatic carbocycles. The average Bonchev–Trinajstić information content (AvgIpc) is 2.95. The summed E-state index contributed by atoms with van der Waals surface area (Å²) >= 11 is 0. The van der Waals surface area contributed by atoms with E-state index < -0.39 is 10.0 Å². The lowest BCUT2D eigenvalue weighted by atomic mass is 10.00. The van der Waals surface area contributed by atoms with E-state index in [4.69, 9.17) is 0 Å². The number of sulfonamides is 1. The van der Waals surface area contributed by atoms with E-state index >= 15 is 0 Å². The third-order valence-electron chi connectivity index (χ3n) is 5.64. The molecule has 8 heteroatoms. The number of amides is 2. The van der Waals surface area contributed by atoms with Crippen molar-refractivity contribution in [2.24, 2.45) is 0 Å². The highest BCUT2D eigenvalue weighted by Crippen LogP contribution is 2.41. The maximum absolute atomic E-state index is 13.1. The van der Waals surface area contributed by atoms with Crippen molar-refractivity contribution in [2.45, 2.75) is 44.0 Å². The third kappa shape index (κ3) is 2.63. The van der Waals surface area contributed by atoms with Crippen LogP contribution in [0.3, 0.4) is 0 Å². The van der Waals surface area contributed by atoms with E-state index in [0.717, 1.165) is 16.8 Å². The molecule has 26 heavy (non-hydrogen) atoms. The molecule has 140 valence electrons. The van der Waals surface area contributed by atoms with Crippen LogP contribution in [0.5, 0.6) is 0 Å². The summed E-state index contributed by atoms with van der Waals surface area (Å²) in [4.78, 5) is 27.5. The van der Waals surface area contributed by atoms with E-state index in [1.807, 2.05) is 11.8 Å². The molecule has 0 bridgehead atoms. The number of hydrogen-bond donors (Lipinski definition) is 0. The maximum Gasteiger partial charge on any atom is 0.243 e. The lowest BCUT2D eigenvalue weighted by Gasteiger charge is -2.34. The summed E-state index contributed by atoms with van der Waals surface area (Å²) in [7, 11) is -3.60. The van der Waals surface area contributed by atoms with Crippen molar-refractivity contribution in [2.75, 3.05) is 31.1 Å². The van der Waals surface area contributed by atoms with E-state index in [0.29, 0.717) is 50.3 Å². The van der Waals surface area contributed by atoms with Crippen molar-refractivity contribution in [3.63, 3.8) is 0 Å². The minimum absolute atomic E-state index is 0.0252. The van der Waals surface area contributed by atoms with E-state index in [-0.39, 0.29) is 17.9 Å². The lowest BCUT2D eigenvalue weighted by molar-refractivity contribution is -0.130. The fourth-order valence-electron chi connectivity index (χ4n) is 4.29. The van der Waals surface area contributed by atoms with Gasteiger partial charge in [0, 0.05) is 45.6 Å². The summed E-state index contributed by atoms with van der Waals surface area (Å²) in [5.41, 5.74) is 2.82. The highest BCUT2D eigenvalue weighted by Gasteiger charge is 2.38. The fraction of sp³-hybridized carbons (Fsp3) is 0.556. The number of hydrogen-bond acceptors (Lipinski definition) is 4. The van der Waals surface area contributed by atoms with Crippen LogP contribution in [0.2, 0.25) is 0 Å². The first-order valence-corrected chi connectivity index (χ1v) is 10.5. The van der Waals surface area contributed by atoms with E-state index in [2.05, 4.69) is 0 Å². The Morgan fingerprint density at radius 3 is 2.38 bits per heavy atom. The SMILES string of the molecule is CC(=O)N1CCN(S(=O)(=O)c2cc3c4c(c2)C[C@H](C)N4C(=O)CC3)CC1. The zero-order valence-electron chi connectivity index (χ0n) is 15.1. The lowest BCUT2D eigenvalue weighted by Crippen LogP contribution is -2.49. The summed E-state index contributed by atoms with van der Waals surface area (Å²) in [5.74, 6) is 0.0995. The van der Waals surface area contributed by atoms with Crippen LogP contribution in [0.1, 0.15) is 31.4 Å². The number of benzene rings is 1. The van der Waals surface area contributed by atoms with Gasteiger partial charge >= 0.3 is 0 Å².